The van der Waals surface area contributed by atoms with Gasteiger partial charge in [0.2, 0.25) is 17.3 Å². The van der Waals surface area contributed by atoms with Crippen molar-refractivity contribution in [1.29, 1.82) is 0 Å². The molecule has 0 spiro atoms. The predicted molar refractivity (Wildman–Crippen MR) is 499 cm³/mol. The number of hydrogen-bond acceptors (Lipinski definition) is 38. The lowest BCUT2D eigenvalue weighted by Crippen LogP contribution is -2.16. The van der Waals surface area contributed by atoms with Gasteiger partial charge in [-0.05, 0) is 90.1 Å². The minimum Gasteiger partial charge on any atom is -0.506 e. The maximum Gasteiger partial charge on any atom is 0.205 e. The molecule has 3 N–H and O–H groups in total. The highest BCUT2D eigenvalue weighted by atomic mass is 16.6. The number of ketones is 1. The fourth-order valence-electron chi connectivity index (χ4n) is 11.3. The summed E-state index contributed by atoms with van der Waals surface area (Å²) in [7, 11) is 0. The summed E-state index contributed by atoms with van der Waals surface area (Å²) in [6.45, 7) is 37.4. The zero-order chi connectivity index (χ0) is 96.0. The molecule has 0 saturated heterocycles. The molecule has 2 heterocycles. The molecule has 0 aliphatic carbocycles. The van der Waals surface area contributed by atoms with Gasteiger partial charge in [0.1, 0.15) is 45.4 Å². The first-order valence-corrected chi connectivity index (χ1v) is 47.7. The molecule has 2 aromatic carbocycles. The number of aliphatic hydroxyl groups is 1. The lowest BCUT2D eigenvalue weighted by molar-refractivity contribution is -0.0128. The Balaban J connectivity index is 1.58. The van der Waals surface area contributed by atoms with Crippen LogP contribution in [0.15, 0.2) is 54.6 Å². The number of carbonyl (C=O) groups is 1. The lowest BCUT2D eigenvalue weighted by Gasteiger charge is -2.19. The van der Waals surface area contributed by atoms with Crippen LogP contribution in [-0.2, 0) is 142 Å². The molecular weight excluding hydrogens is 1780 g/mol. The zero-order valence-electron chi connectivity index (χ0n) is 81.4. The number of benzene rings is 2. The van der Waals surface area contributed by atoms with Crippen LogP contribution in [-0.4, -0.2) is 457 Å². The van der Waals surface area contributed by atoms with Crippen molar-refractivity contribution in [2.24, 2.45) is 0 Å². The minimum absolute atomic E-state index is 0.0975. The summed E-state index contributed by atoms with van der Waals surface area (Å²) in [6, 6.07) is 13.9. The van der Waals surface area contributed by atoms with Crippen LogP contribution < -0.4 is 28.4 Å². The fraction of sp³-hybridized carbons (Fsp3) is 0.758. The van der Waals surface area contributed by atoms with Crippen molar-refractivity contribution in [1.82, 2.24) is 9.97 Å². The van der Waals surface area contributed by atoms with Gasteiger partial charge in [-0.1, -0.05) is 0 Å². The Labute approximate surface area is 799 Å². The molecule has 135 heavy (non-hydrogen) atoms. The van der Waals surface area contributed by atoms with E-state index in [9.17, 15) is 9.90 Å². The number of aliphatic hydroxyl groups excluding tert-OH is 1. The summed E-state index contributed by atoms with van der Waals surface area (Å²) >= 11 is 0. The highest BCUT2D eigenvalue weighted by Crippen LogP contribution is 2.44. The SMILES string of the molecule is CCOCCOCCOCCOCCOCCOc1cc(-c2ccc(C(=O)/C=C(\O)c3ccc(-c4cc(OCCOCCOCCOCCOCCOCC)c(OCCOCCOCCOCCOCCOCC)c(OCCOCCOCCOCCOCCOCC)c4)[nH]3)[nH]2)cc(OCCOCCOCCOCCOCCOCC)c1OCCOCCOCCOCCOCCOCC. The number of rotatable bonds is 107. The van der Waals surface area contributed by atoms with Crippen molar-refractivity contribution < 1.29 is 180 Å². The van der Waals surface area contributed by atoms with E-state index in [0.717, 1.165) is 6.08 Å². The van der Waals surface area contributed by atoms with Crippen LogP contribution in [0.1, 0.15) is 57.7 Å². The van der Waals surface area contributed by atoms with Crippen molar-refractivity contribution in [3.05, 3.63) is 66.0 Å². The number of hydrogen-bond donors (Lipinski definition) is 3. The van der Waals surface area contributed by atoms with E-state index in [2.05, 4.69) is 9.97 Å². The smallest absolute Gasteiger partial charge is 0.205 e. The van der Waals surface area contributed by atoms with E-state index in [1.54, 1.807) is 48.5 Å². The second-order valence-electron chi connectivity index (χ2n) is 28.0. The van der Waals surface area contributed by atoms with Crippen molar-refractivity contribution in [3.63, 3.8) is 0 Å². The average molecular weight is 1940 g/mol. The Morgan fingerprint density at radius 2 is 0.356 bits per heavy atom. The topological polar surface area (TPSA) is 401 Å². The molecule has 0 amide bonds. The summed E-state index contributed by atoms with van der Waals surface area (Å²) in [5, 5.41) is 11.9. The van der Waals surface area contributed by atoms with E-state index in [-0.39, 0.29) is 108 Å². The van der Waals surface area contributed by atoms with Gasteiger partial charge in [-0.25, -0.2) is 0 Å². The molecule has 40 heteroatoms. The standard InChI is InChI=1S/C95H162N2O38/c1-7-100-17-23-106-29-35-112-41-47-118-53-59-124-65-71-130-90-77-82(78-91(131-72-66-125-60-54-119-48-42-113-36-30-107-24-18-101-8-2)94(90)134-75-69-128-63-57-122-51-45-116-39-33-110-27-21-104-11-5)84-13-15-86(96-84)88(98)81-89(99)87-16-14-85(97-87)83-79-92(132-73-67-126-61-55-120-49-43-114-37-31-108-25-19-102-9-3)95(135-76-70-129-64-58-123-52-46-117-40-34-111-28-22-105-12-6)93(80-83)133-74-68-127-62-56-121-50-44-115-38-32-109-26-20-103-10-4/h13-16,77-81,96-98H,7-12,17-76H2,1-6H3/b88-81-. The predicted octanol–water partition coefficient (Wildman–Crippen LogP) is 8.35. The summed E-state index contributed by atoms with van der Waals surface area (Å²) in [4.78, 5) is 20.9. The van der Waals surface area contributed by atoms with Gasteiger partial charge in [-0.3, -0.25) is 4.79 Å². The van der Waals surface area contributed by atoms with Gasteiger partial charge in [-0.15, -0.1) is 0 Å². The monoisotopic (exact) mass is 1940 g/mol. The largest absolute Gasteiger partial charge is 0.506 e. The maximum atomic E-state index is 14.4. The molecule has 40 nitrogen and oxygen atoms in total. The first kappa shape index (κ1) is 121. The van der Waals surface area contributed by atoms with E-state index in [1.165, 1.54) is 0 Å². The molecule has 0 fully saturated rings. The summed E-state index contributed by atoms with van der Waals surface area (Å²) in [5.41, 5.74) is 2.55. The molecular formula is C95H162N2O38. The lowest BCUT2D eigenvalue weighted by atomic mass is 10.1. The molecule has 4 rings (SSSR count). The summed E-state index contributed by atoms with van der Waals surface area (Å²) in [5.74, 6) is 0.912. The van der Waals surface area contributed by atoms with E-state index >= 15 is 0 Å². The quantitative estimate of drug-likeness (QED) is 0.0162. The molecule has 0 unspecified atom stereocenters. The van der Waals surface area contributed by atoms with E-state index in [4.69, 9.17) is 171 Å². The van der Waals surface area contributed by atoms with E-state index < -0.39 is 5.78 Å². The fourth-order valence-corrected chi connectivity index (χ4v) is 11.3. The molecule has 0 atom stereocenters. The molecule has 2 aromatic heterocycles. The molecule has 0 radical (unpaired) electrons. The van der Waals surface area contributed by atoms with Gasteiger partial charge in [0.25, 0.3) is 0 Å². The van der Waals surface area contributed by atoms with Gasteiger partial charge in [0, 0.05) is 68.2 Å². The molecule has 0 saturated carbocycles. The third kappa shape index (κ3) is 68.5. The van der Waals surface area contributed by atoms with E-state index in [1.807, 2.05) is 41.5 Å². The van der Waals surface area contributed by atoms with Gasteiger partial charge in [-0.2, -0.15) is 0 Å². The Morgan fingerprint density at radius 1 is 0.207 bits per heavy atom. The molecule has 0 aliphatic rings. The van der Waals surface area contributed by atoms with Crippen LogP contribution in [0.3, 0.4) is 0 Å². The highest BCUT2D eigenvalue weighted by molar-refractivity contribution is 6.07. The van der Waals surface area contributed by atoms with Crippen LogP contribution in [0.5, 0.6) is 34.5 Å². The highest BCUT2D eigenvalue weighted by Gasteiger charge is 2.22. The van der Waals surface area contributed by atoms with Crippen molar-refractivity contribution >= 4 is 11.5 Å². The third-order valence-corrected chi connectivity index (χ3v) is 17.9. The Morgan fingerprint density at radius 3 is 0.533 bits per heavy atom. The minimum atomic E-state index is -0.542. The molecule has 0 aliphatic heterocycles. The van der Waals surface area contributed by atoms with Crippen molar-refractivity contribution in [3.8, 4) is 57.0 Å². The summed E-state index contributed by atoms with van der Waals surface area (Å²) in [6.07, 6.45) is 1.12. The normalized spacial score (nSPS) is 11.8. The summed E-state index contributed by atoms with van der Waals surface area (Å²) < 4.78 is 208. The molecule has 0 bridgehead atoms. The second kappa shape index (κ2) is 92.8. The van der Waals surface area contributed by atoms with Crippen LogP contribution in [0.4, 0.5) is 0 Å². The van der Waals surface area contributed by atoms with Crippen molar-refractivity contribution in [2.75, 3.05) is 436 Å². The number of nitrogens with one attached hydrogen (secondary N) is 2. The second-order valence-corrected chi connectivity index (χ2v) is 28.0. The Hall–Kier alpha value is -6.19. The van der Waals surface area contributed by atoms with Gasteiger partial charge in [0.05, 0.1) is 368 Å². The van der Waals surface area contributed by atoms with Crippen LogP contribution >= 0.6 is 0 Å². The number of H-pyrrole nitrogens is 2. The van der Waals surface area contributed by atoms with E-state index in [0.29, 0.717) is 402 Å². The number of aromatic nitrogens is 2. The van der Waals surface area contributed by atoms with Crippen LogP contribution in [0, 0.1) is 0 Å². The molecule has 4 aromatic rings. The maximum absolute atomic E-state index is 14.4. The number of allylic oxidation sites excluding steroid dienone is 1. The zero-order valence-corrected chi connectivity index (χ0v) is 81.4. The third-order valence-electron chi connectivity index (χ3n) is 17.9. The average Bonchev–Trinajstić information content (AvgIpc) is 1.69. The van der Waals surface area contributed by atoms with Crippen LogP contribution in [0.25, 0.3) is 28.3 Å². The number of ether oxygens (including phenoxy) is 36. The first-order valence-electron chi connectivity index (χ1n) is 47.7. The Kier molecular flexibility index (Phi) is 83.3. The number of aromatic amines is 2. The van der Waals surface area contributed by atoms with Gasteiger partial charge >= 0.3 is 0 Å². The van der Waals surface area contributed by atoms with Crippen LogP contribution in [0.2, 0.25) is 0 Å². The molecule has 780 valence electrons. The van der Waals surface area contributed by atoms with Gasteiger partial charge in [0.15, 0.2) is 23.0 Å². The Bertz CT molecular complexity index is 3170. The first-order chi connectivity index (χ1) is 66.9. The van der Waals surface area contributed by atoms with Crippen molar-refractivity contribution in [2.45, 2.75) is 41.5 Å². The number of carbonyl (C=O) groups excluding carboxylic acids is 1. The van der Waals surface area contributed by atoms with Gasteiger partial charge < -0.3 is 186 Å².